The second kappa shape index (κ2) is 3.20. The van der Waals surface area contributed by atoms with Crippen molar-refractivity contribution >= 4 is 0 Å². The number of benzene rings is 1. The van der Waals surface area contributed by atoms with Crippen LogP contribution in [0, 0.1) is 23.3 Å². The molecule has 0 radical (unpaired) electrons. The van der Waals surface area contributed by atoms with Crippen molar-refractivity contribution in [3.05, 3.63) is 34.9 Å². The fraction of sp³-hybridized carbons (Fsp3) is 0.400. The number of hydrogen-bond donors (Lipinski definition) is 1. The number of nitrogens with two attached hydrogens (primary N) is 1. The molecule has 0 spiro atoms. The molecule has 0 bridgehead atoms. The van der Waals surface area contributed by atoms with Gasteiger partial charge in [0.25, 0.3) is 0 Å². The Balaban J connectivity index is 2.39. The lowest BCUT2D eigenvalue weighted by Gasteiger charge is -2.10. The van der Waals surface area contributed by atoms with Gasteiger partial charge in [0.2, 0.25) is 0 Å². The van der Waals surface area contributed by atoms with E-state index in [0.717, 1.165) is 0 Å². The van der Waals surface area contributed by atoms with E-state index in [4.69, 9.17) is 5.73 Å². The molecule has 1 nitrogen and oxygen atoms in total. The van der Waals surface area contributed by atoms with Crippen molar-refractivity contribution in [1.82, 2.24) is 0 Å². The fourth-order valence-corrected chi connectivity index (χ4v) is 1.47. The molecule has 15 heavy (non-hydrogen) atoms. The second-order valence-corrected chi connectivity index (χ2v) is 4.00. The van der Waals surface area contributed by atoms with E-state index in [9.17, 15) is 17.6 Å². The highest BCUT2D eigenvalue weighted by molar-refractivity contribution is 5.25. The molecule has 0 heterocycles. The lowest BCUT2D eigenvalue weighted by atomic mass is 10.0. The van der Waals surface area contributed by atoms with Gasteiger partial charge in [0.1, 0.15) is 0 Å². The third-order valence-electron chi connectivity index (χ3n) is 2.61. The summed E-state index contributed by atoms with van der Waals surface area (Å²) in [5.74, 6) is -6.27. The normalized spacial score (nSPS) is 17.9. The van der Waals surface area contributed by atoms with Gasteiger partial charge in [0.15, 0.2) is 23.3 Å². The predicted octanol–water partition coefficient (Wildman–Crippen LogP) is 2.28. The summed E-state index contributed by atoms with van der Waals surface area (Å²) >= 11 is 0. The zero-order valence-electron chi connectivity index (χ0n) is 7.79. The molecular formula is C10H9F4N. The van der Waals surface area contributed by atoms with E-state index in [1.165, 1.54) is 0 Å². The molecular weight excluding hydrogens is 210 g/mol. The Morgan fingerprint density at radius 1 is 1.07 bits per heavy atom. The van der Waals surface area contributed by atoms with Gasteiger partial charge in [-0.1, -0.05) is 0 Å². The van der Waals surface area contributed by atoms with Crippen LogP contribution >= 0.6 is 0 Å². The van der Waals surface area contributed by atoms with E-state index in [1.54, 1.807) is 0 Å². The largest absolute Gasteiger partial charge is 0.325 e. The van der Waals surface area contributed by atoms with Crippen molar-refractivity contribution in [1.29, 1.82) is 0 Å². The predicted molar refractivity (Wildman–Crippen MR) is 46.1 cm³/mol. The van der Waals surface area contributed by atoms with Crippen LogP contribution in [0.5, 0.6) is 0 Å². The van der Waals surface area contributed by atoms with Crippen LogP contribution in [0.2, 0.25) is 0 Å². The summed E-state index contributed by atoms with van der Waals surface area (Å²) in [6, 6.07) is 0.667. The van der Waals surface area contributed by atoms with Gasteiger partial charge >= 0.3 is 0 Å². The van der Waals surface area contributed by atoms with E-state index in [1.807, 2.05) is 0 Å². The Kier molecular flexibility index (Phi) is 2.22. The lowest BCUT2D eigenvalue weighted by molar-refractivity contribution is 0.401. The summed E-state index contributed by atoms with van der Waals surface area (Å²) in [5, 5.41) is 0. The summed E-state index contributed by atoms with van der Waals surface area (Å²) in [6.07, 6.45) is 1.41. The molecule has 0 saturated heterocycles. The maximum Gasteiger partial charge on any atom is 0.197 e. The van der Waals surface area contributed by atoms with Crippen molar-refractivity contribution in [2.75, 3.05) is 0 Å². The molecule has 0 unspecified atom stereocenters. The monoisotopic (exact) mass is 219 g/mol. The van der Waals surface area contributed by atoms with E-state index in [-0.39, 0.29) is 12.0 Å². The molecule has 2 N–H and O–H groups in total. The van der Waals surface area contributed by atoms with Crippen molar-refractivity contribution in [3.63, 3.8) is 0 Å². The topological polar surface area (TPSA) is 26.0 Å². The Morgan fingerprint density at radius 2 is 1.67 bits per heavy atom. The highest BCUT2D eigenvalue weighted by Crippen LogP contribution is 2.36. The maximum atomic E-state index is 13.2. The molecule has 0 amide bonds. The number of halogens is 4. The third kappa shape index (κ3) is 1.84. The van der Waals surface area contributed by atoms with E-state index >= 15 is 0 Å². The SMILES string of the molecule is NC1(Cc2cc(F)c(F)c(F)c2F)CC1. The molecule has 0 aromatic heterocycles. The van der Waals surface area contributed by atoms with Gasteiger partial charge in [-0.15, -0.1) is 0 Å². The van der Waals surface area contributed by atoms with Gasteiger partial charge in [-0.05, 0) is 30.9 Å². The van der Waals surface area contributed by atoms with Crippen LogP contribution in [0.3, 0.4) is 0 Å². The Morgan fingerprint density at radius 3 is 2.20 bits per heavy atom. The second-order valence-electron chi connectivity index (χ2n) is 4.00. The maximum absolute atomic E-state index is 13.2. The van der Waals surface area contributed by atoms with E-state index in [2.05, 4.69) is 0 Å². The molecule has 1 aliphatic carbocycles. The first-order valence-electron chi connectivity index (χ1n) is 4.54. The molecule has 82 valence electrons. The van der Waals surface area contributed by atoms with Crippen LogP contribution < -0.4 is 5.73 Å². The first kappa shape index (κ1) is 10.4. The van der Waals surface area contributed by atoms with Gasteiger partial charge < -0.3 is 5.73 Å². The van der Waals surface area contributed by atoms with Crippen molar-refractivity contribution in [2.24, 2.45) is 5.73 Å². The molecule has 0 atom stereocenters. The summed E-state index contributed by atoms with van der Waals surface area (Å²) in [5.41, 5.74) is 4.91. The van der Waals surface area contributed by atoms with Gasteiger partial charge in [-0.3, -0.25) is 0 Å². The summed E-state index contributed by atoms with van der Waals surface area (Å²) in [7, 11) is 0. The van der Waals surface area contributed by atoms with Crippen LogP contribution in [-0.4, -0.2) is 5.54 Å². The average molecular weight is 219 g/mol. The number of rotatable bonds is 2. The molecule has 1 aromatic rings. The van der Waals surface area contributed by atoms with Crippen molar-refractivity contribution in [3.8, 4) is 0 Å². The first-order valence-corrected chi connectivity index (χ1v) is 4.54. The Labute approximate surface area is 83.9 Å². The summed E-state index contributed by atoms with van der Waals surface area (Å²) in [6.45, 7) is 0. The molecule has 1 aliphatic rings. The minimum Gasteiger partial charge on any atom is -0.325 e. The summed E-state index contributed by atoms with van der Waals surface area (Å²) < 4.78 is 51.4. The smallest absolute Gasteiger partial charge is 0.197 e. The van der Waals surface area contributed by atoms with Gasteiger partial charge in [-0.25, -0.2) is 17.6 Å². The van der Waals surface area contributed by atoms with Crippen molar-refractivity contribution in [2.45, 2.75) is 24.8 Å². The Bertz CT molecular complexity index is 412. The summed E-state index contributed by atoms with van der Waals surface area (Å²) in [4.78, 5) is 0. The average Bonchev–Trinajstić information content (AvgIpc) is 2.89. The fourth-order valence-electron chi connectivity index (χ4n) is 1.47. The Hall–Kier alpha value is -1.10. The van der Waals surface area contributed by atoms with Crippen molar-refractivity contribution < 1.29 is 17.6 Å². The van der Waals surface area contributed by atoms with Crippen LogP contribution in [0.4, 0.5) is 17.6 Å². The highest BCUT2D eigenvalue weighted by atomic mass is 19.2. The molecule has 1 aromatic carbocycles. The number of hydrogen-bond acceptors (Lipinski definition) is 1. The van der Waals surface area contributed by atoms with E-state index in [0.29, 0.717) is 18.9 Å². The van der Waals surface area contributed by atoms with Crippen LogP contribution in [-0.2, 0) is 6.42 Å². The standard InChI is InChI=1S/C10H9F4N/c11-6-3-5(4-10(15)1-2-10)7(12)9(14)8(6)13/h3H,1-2,4,15H2. The van der Waals surface area contributed by atoms with Gasteiger partial charge in [0, 0.05) is 5.54 Å². The lowest BCUT2D eigenvalue weighted by Crippen LogP contribution is -2.25. The minimum absolute atomic E-state index is 0.0347. The molecule has 2 rings (SSSR count). The third-order valence-corrected chi connectivity index (χ3v) is 2.61. The van der Waals surface area contributed by atoms with Crippen LogP contribution in [0.25, 0.3) is 0 Å². The van der Waals surface area contributed by atoms with Crippen LogP contribution in [0.1, 0.15) is 18.4 Å². The molecule has 0 aliphatic heterocycles. The van der Waals surface area contributed by atoms with Gasteiger partial charge in [0.05, 0.1) is 0 Å². The molecule has 1 fully saturated rings. The van der Waals surface area contributed by atoms with E-state index < -0.39 is 28.8 Å². The molecule has 1 saturated carbocycles. The van der Waals surface area contributed by atoms with Gasteiger partial charge in [-0.2, -0.15) is 0 Å². The minimum atomic E-state index is -1.78. The quantitative estimate of drug-likeness (QED) is 0.461. The zero-order chi connectivity index (χ0) is 11.2. The first-order chi connectivity index (χ1) is 6.93. The highest BCUT2D eigenvalue weighted by Gasteiger charge is 2.39. The molecule has 5 heteroatoms. The van der Waals surface area contributed by atoms with Crippen LogP contribution in [0.15, 0.2) is 6.07 Å². The zero-order valence-corrected chi connectivity index (χ0v) is 7.79.